The standard InChI is InChI=1S/C9H15NO3/c1-6(9(12)13)7(2)10-5-3-4-8(10)11/h6-7H,3-5H2,1-2H3,(H,12,13)/t6-,7?/m1/s1. The maximum absolute atomic E-state index is 11.3. The van der Waals surface area contributed by atoms with E-state index in [1.807, 2.05) is 0 Å². The van der Waals surface area contributed by atoms with Gasteiger partial charge >= 0.3 is 5.97 Å². The molecule has 1 amide bonds. The highest BCUT2D eigenvalue weighted by Gasteiger charge is 2.31. The number of hydrogen-bond donors (Lipinski definition) is 1. The third kappa shape index (κ3) is 1.99. The normalized spacial score (nSPS) is 21.7. The summed E-state index contributed by atoms with van der Waals surface area (Å²) in [6.07, 6.45) is 1.42. The van der Waals surface area contributed by atoms with Crippen LogP contribution in [0.15, 0.2) is 0 Å². The van der Waals surface area contributed by atoms with Crippen LogP contribution in [0.25, 0.3) is 0 Å². The molecule has 2 atom stereocenters. The first-order valence-electron chi connectivity index (χ1n) is 4.56. The summed E-state index contributed by atoms with van der Waals surface area (Å²) in [4.78, 5) is 23.6. The van der Waals surface area contributed by atoms with Crippen LogP contribution < -0.4 is 0 Å². The number of aliphatic carboxylic acids is 1. The molecule has 1 saturated heterocycles. The Labute approximate surface area is 77.5 Å². The lowest BCUT2D eigenvalue weighted by molar-refractivity contribution is -0.144. The predicted molar refractivity (Wildman–Crippen MR) is 47.2 cm³/mol. The second-order valence-electron chi connectivity index (χ2n) is 3.56. The van der Waals surface area contributed by atoms with Gasteiger partial charge in [0.1, 0.15) is 0 Å². The van der Waals surface area contributed by atoms with Crippen LogP contribution in [-0.2, 0) is 9.59 Å². The van der Waals surface area contributed by atoms with Gasteiger partial charge in [0.05, 0.1) is 5.92 Å². The van der Waals surface area contributed by atoms with Crippen LogP contribution in [-0.4, -0.2) is 34.5 Å². The smallest absolute Gasteiger partial charge is 0.308 e. The summed E-state index contributed by atoms with van der Waals surface area (Å²) in [5.41, 5.74) is 0. The Hall–Kier alpha value is -1.06. The first-order valence-corrected chi connectivity index (χ1v) is 4.56. The van der Waals surface area contributed by atoms with Crippen molar-refractivity contribution < 1.29 is 14.7 Å². The number of rotatable bonds is 3. The van der Waals surface area contributed by atoms with Crippen molar-refractivity contribution in [1.29, 1.82) is 0 Å². The van der Waals surface area contributed by atoms with Gasteiger partial charge in [-0.1, -0.05) is 0 Å². The van der Waals surface area contributed by atoms with E-state index in [9.17, 15) is 9.59 Å². The summed E-state index contributed by atoms with van der Waals surface area (Å²) in [6, 6.07) is -0.188. The van der Waals surface area contributed by atoms with Gasteiger partial charge < -0.3 is 10.0 Å². The fourth-order valence-electron chi connectivity index (χ4n) is 1.58. The summed E-state index contributed by atoms with van der Waals surface area (Å²) in [5, 5.41) is 8.76. The van der Waals surface area contributed by atoms with Crippen LogP contribution in [0, 0.1) is 5.92 Å². The fraction of sp³-hybridized carbons (Fsp3) is 0.778. The molecule has 1 aliphatic rings. The maximum atomic E-state index is 11.3. The number of carboxylic acid groups (broad SMARTS) is 1. The molecule has 1 unspecified atom stereocenters. The molecule has 74 valence electrons. The lowest BCUT2D eigenvalue weighted by atomic mass is 10.0. The van der Waals surface area contributed by atoms with E-state index in [0.717, 1.165) is 6.42 Å². The molecule has 0 radical (unpaired) electrons. The highest BCUT2D eigenvalue weighted by molar-refractivity contribution is 5.79. The van der Waals surface area contributed by atoms with Crippen molar-refractivity contribution in [2.45, 2.75) is 32.7 Å². The molecule has 4 heteroatoms. The molecule has 0 spiro atoms. The van der Waals surface area contributed by atoms with Crippen molar-refractivity contribution in [2.24, 2.45) is 5.92 Å². The molecule has 0 saturated carbocycles. The number of likely N-dealkylation sites (tertiary alicyclic amines) is 1. The van der Waals surface area contributed by atoms with E-state index in [1.54, 1.807) is 18.7 Å². The Morgan fingerprint density at radius 3 is 2.54 bits per heavy atom. The molecule has 4 nitrogen and oxygen atoms in total. The average Bonchev–Trinajstić information content (AvgIpc) is 2.48. The minimum Gasteiger partial charge on any atom is -0.481 e. The second kappa shape index (κ2) is 3.77. The van der Waals surface area contributed by atoms with Crippen LogP contribution in [0.5, 0.6) is 0 Å². The van der Waals surface area contributed by atoms with E-state index in [-0.39, 0.29) is 11.9 Å². The van der Waals surface area contributed by atoms with Gasteiger partial charge in [0.2, 0.25) is 5.91 Å². The Balaban J connectivity index is 2.60. The van der Waals surface area contributed by atoms with Gasteiger partial charge in [0.25, 0.3) is 0 Å². The molecule has 1 aliphatic heterocycles. The topological polar surface area (TPSA) is 57.6 Å². The summed E-state index contributed by atoms with van der Waals surface area (Å²) in [6.45, 7) is 4.14. The van der Waals surface area contributed by atoms with Gasteiger partial charge in [0, 0.05) is 19.0 Å². The van der Waals surface area contributed by atoms with Crippen molar-refractivity contribution >= 4 is 11.9 Å². The van der Waals surface area contributed by atoms with E-state index in [0.29, 0.717) is 13.0 Å². The summed E-state index contributed by atoms with van der Waals surface area (Å²) in [5.74, 6) is -1.24. The van der Waals surface area contributed by atoms with Crippen LogP contribution in [0.3, 0.4) is 0 Å². The summed E-state index contributed by atoms with van der Waals surface area (Å²) >= 11 is 0. The van der Waals surface area contributed by atoms with E-state index < -0.39 is 11.9 Å². The molecule has 0 aromatic heterocycles. The van der Waals surface area contributed by atoms with Crippen LogP contribution >= 0.6 is 0 Å². The van der Waals surface area contributed by atoms with Crippen molar-refractivity contribution in [3.63, 3.8) is 0 Å². The lowest BCUT2D eigenvalue weighted by Crippen LogP contribution is -2.41. The Bertz CT molecular complexity index is 227. The second-order valence-corrected chi connectivity index (χ2v) is 3.56. The number of nitrogens with zero attached hydrogens (tertiary/aromatic N) is 1. The summed E-state index contributed by atoms with van der Waals surface area (Å²) in [7, 11) is 0. The highest BCUT2D eigenvalue weighted by Crippen LogP contribution is 2.18. The SMILES string of the molecule is CC([C@@H](C)C(=O)O)N1CCCC1=O. The molecule has 1 N–H and O–H groups in total. The van der Waals surface area contributed by atoms with Crippen molar-refractivity contribution in [1.82, 2.24) is 4.90 Å². The lowest BCUT2D eigenvalue weighted by Gasteiger charge is -2.27. The van der Waals surface area contributed by atoms with Crippen molar-refractivity contribution in [3.8, 4) is 0 Å². The number of carboxylic acids is 1. The summed E-state index contributed by atoms with van der Waals surface area (Å²) < 4.78 is 0. The van der Waals surface area contributed by atoms with Gasteiger partial charge in [-0.3, -0.25) is 9.59 Å². The van der Waals surface area contributed by atoms with Crippen molar-refractivity contribution in [3.05, 3.63) is 0 Å². The number of carbonyl (C=O) groups excluding carboxylic acids is 1. The first-order chi connectivity index (χ1) is 6.04. The molecule has 0 aromatic rings. The zero-order valence-corrected chi connectivity index (χ0v) is 7.99. The largest absolute Gasteiger partial charge is 0.481 e. The average molecular weight is 185 g/mol. The van der Waals surface area contributed by atoms with Crippen LogP contribution in [0.1, 0.15) is 26.7 Å². The monoisotopic (exact) mass is 185 g/mol. The van der Waals surface area contributed by atoms with Crippen LogP contribution in [0.2, 0.25) is 0 Å². The minimum atomic E-state index is -0.841. The number of carbonyl (C=O) groups is 2. The molecule has 1 fully saturated rings. The maximum Gasteiger partial charge on any atom is 0.308 e. The molecule has 13 heavy (non-hydrogen) atoms. The molecule has 0 aromatic carbocycles. The number of amides is 1. The van der Waals surface area contributed by atoms with Gasteiger partial charge in [-0.05, 0) is 20.3 Å². The molecule has 1 heterocycles. The van der Waals surface area contributed by atoms with Gasteiger partial charge in [-0.15, -0.1) is 0 Å². The predicted octanol–water partition coefficient (Wildman–Crippen LogP) is 0.718. The fourth-order valence-corrected chi connectivity index (χ4v) is 1.58. The zero-order valence-electron chi connectivity index (χ0n) is 7.99. The highest BCUT2D eigenvalue weighted by atomic mass is 16.4. The van der Waals surface area contributed by atoms with E-state index in [2.05, 4.69) is 0 Å². The van der Waals surface area contributed by atoms with Crippen molar-refractivity contribution in [2.75, 3.05) is 6.54 Å². The Kier molecular flexibility index (Phi) is 2.90. The third-order valence-electron chi connectivity index (χ3n) is 2.71. The number of hydrogen-bond acceptors (Lipinski definition) is 2. The van der Waals surface area contributed by atoms with E-state index in [1.165, 1.54) is 0 Å². The molecular formula is C9H15NO3. The Morgan fingerprint density at radius 1 is 1.54 bits per heavy atom. The quantitative estimate of drug-likeness (QED) is 0.704. The third-order valence-corrected chi connectivity index (χ3v) is 2.71. The minimum absolute atomic E-state index is 0.0839. The molecule has 0 bridgehead atoms. The molecular weight excluding hydrogens is 170 g/mol. The van der Waals surface area contributed by atoms with Crippen LogP contribution in [0.4, 0.5) is 0 Å². The molecule has 1 rings (SSSR count). The Morgan fingerprint density at radius 2 is 2.15 bits per heavy atom. The van der Waals surface area contributed by atoms with Gasteiger partial charge in [-0.25, -0.2) is 0 Å². The molecule has 0 aliphatic carbocycles. The van der Waals surface area contributed by atoms with Gasteiger partial charge in [-0.2, -0.15) is 0 Å². The van der Waals surface area contributed by atoms with E-state index >= 15 is 0 Å². The van der Waals surface area contributed by atoms with Gasteiger partial charge in [0.15, 0.2) is 0 Å². The first kappa shape index (κ1) is 10.0. The zero-order chi connectivity index (χ0) is 10.0. The van der Waals surface area contributed by atoms with E-state index in [4.69, 9.17) is 5.11 Å².